The molecule has 33 heavy (non-hydrogen) atoms. The van der Waals surface area contributed by atoms with E-state index in [1.807, 2.05) is 32.9 Å². The third kappa shape index (κ3) is 5.48. The largest absolute Gasteiger partial charge is 0.495 e. The maximum absolute atomic E-state index is 13.1. The first kappa shape index (κ1) is 24.2. The zero-order valence-electron chi connectivity index (χ0n) is 19.8. The van der Waals surface area contributed by atoms with Crippen molar-refractivity contribution in [2.24, 2.45) is 5.92 Å². The zero-order valence-corrected chi connectivity index (χ0v) is 19.8. The summed E-state index contributed by atoms with van der Waals surface area (Å²) in [4.78, 5) is 24.2. The van der Waals surface area contributed by atoms with Crippen LogP contribution in [0.5, 0.6) is 17.2 Å². The van der Waals surface area contributed by atoms with Crippen molar-refractivity contribution >= 4 is 12.4 Å². The SMILES string of the molecule is CCCC#Cc1cc(C)cc2c1Oc1ccc(C(CC(C)C)OC=O)c(OC)c1C(=O)OC2. The molecule has 1 aliphatic rings. The van der Waals surface area contributed by atoms with Crippen LogP contribution >= 0.6 is 0 Å². The van der Waals surface area contributed by atoms with E-state index in [1.54, 1.807) is 12.1 Å². The summed E-state index contributed by atoms with van der Waals surface area (Å²) in [6.45, 7) is 8.56. The van der Waals surface area contributed by atoms with E-state index in [-0.39, 0.29) is 23.8 Å². The van der Waals surface area contributed by atoms with E-state index in [0.29, 0.717) is 30.0 Å². The molecule has 1 aliphatic heterocycles. The van der Waals surface area contributed by atoms with Crippen LogP contribution in [0.15, 0.2) is 24.3 Å². The van der Waals surface area contributed by atoms with Crippen LogP contribution in [-0.2, 0) is 20.9 Å². The number of cyclic esters (lactones) is 1. The van der Waals surface area contributed by atoms with E-state index in [9.17, 15) is 9.59 Å². The Labute approximate surface area is 195 Å². The Morgan fingerprint density at radius 2 is 2.03 bits per heavy atom. The van der Waals surface area contributed by atoms with Gasteiger partial charge >= 0.3 is 5.97 Å². The average Bonchev–Trinajstić information content (AvgIpc) is 2.77. The second-order valence-corrected chi connectivity index (χ2v) is 8.44. The molecule has 0 N–H and O–H groups in total. The molecule has 1 unspecified atom stereocenters. The van der Waals surface area contributed by atoms with Gasteiger partial charge in [-0.1, -0.05) is 32.6 Å². The van der Waals surface area contributed by atoms with Crippen LogP contribution in [0.1, 0.15) is 78.7 Å². The Balaban J connectivity index is 2.15. The number of fused-ring (bicyclic) bond motifs is 2. The molecule has 1 atom stereocenters. The number of benzene rings is 2. The van der Waals surface area contributed by atoms with Gasteiger partial charge in [0.05, 0.1) is 12.7 Å². The van der Waals surface area contributed by atoms with Crippen molar-refractivity contribution in [3.63, 3.8) is 0 Å². The standard InChI is InChI=1S/C27H30O6/c1-6-7-8-9-19-13-18(4)14-20-15-31-27(29)24-22(33-25(19)20)11-10-21(26(24)30-5)23(32-16-28)12-17(2)3/h10-11,13-14,16-17,23H,6-7,12,15H2,1-5H3. The number of ether oxygens (including phenoxy) is 4. The van der Waals surface area contributed by atoms with E-state index < -0.39 is 12.1 Å². The molecule has 3 rings (SSSR count). The van der Waals surface area contributed by atoms with Crippen LogP contribution in [0.2, 0.25) is 0 Å². The molecule has 0 bridgehead atoms. The Hall–Kier alpha value is -3.46. The monoisotopic (exact) mass is 450 g/mol. The molecule has 0 fully saturated rings. The van der Waals surface area contributed by atoms with E-state index in [1.165, 1.54) is 7.11 Å². The minimum absolute atomic E-state index is 0.0470. The molecule has 0 amide bonds. The summed E-state index contributed by atoms with van der Waals surface area (Å²) < 4.78 is 22.9. The number of carbonyl (C=O) groups excluding carboxylic acids is 2. The summed E-state index contributed by atoms with van der Waals surface area (Å²) in [5.41, 5.74) is 3.25. The fourth-order valence-corrected chi connectivity index (χ4v) is 3.86. The van der Waals surface area contributed by atoms with Crippen molar-refractivity contribution in [3.05, 3.63) is 52.1 Å². The van der Waals surface area contributed by atoms with Gasteiger partial charge in [-0.15, -0.1) is 0 Å². The van der Waals surface area contributed by atoms with Crippen molar-refractivity contribution in [1.29, 1.82) is 0 Å². The molecule has 0 saturated heterocycles. The third-order valence-corrected chi connectivity index (χ3v) is 5.29. The number of methoxy groups -OCH3 is 1. The van der Waals surface area contributed by atoms with Gasteiger partial charge in [-0.2, -0.15) is 0 Å². The Bertz CT molecular complexity index is 1090. The summed E-state index contributed by atoms with van der Waals surface area (Å²) in [6.07, 6.45) is 1.75. The number of rotatable bonds is 7. The van der Waals surface area contributed by atoms with Crippen LogP contribution in [-0.4, -0.2) is 19.6 Å². The van der Waals surface area contributed by atoms with Crippen LogP contribution in [0, 0.1) is 24.7 Å². The highest BCUT2D eigenvalue weighted by Gasteiger charge is 2.30. The third-order valence-electron chi connectivity index (χ3n) is 5.29. The van der Waals surface area contributed by atoms with Crippen molar-refractivity contribution in [3.8, 4) is 29.1 Å². The van der Waals surface area contributed by atoms with Gasteiger partial charge in [0.25, 0.3) is 6.47 Å². The van der Waals surface area contributed by atoms with E-state index in [2.05, 4.69) is 18.8 Å². The first-order valence-electron chi connectivity index (χ1n) is 11.2. The van der Waals surface area contributed by atoms with Crippen LogP contribution in [0.4, 0.5) is 0 Å². The lowest BCUT2D eigenvalue weighted by Gasteiger charge is -2.25. The van der Waals surface area contributed by atoms with Gasteiger partial charge in [0.1, 0.15) is 35.5 Å². The second-order valence-electron chi connectivity index (χ2n) is 8.44. The van der Waals surface area contributed by atoms with Gasteiger partial charge in [0.2, 0.25) is 0 Å². The van der Waals surface area contributed by atoms with Gasteiger partial charge in [-0.25, -0.2) is 4.79 Å². The molecular weight excluding hydrogens is 420 g/mol. The molecule has 6 heteroatoms. The van der Waals surface area contributed by atoms with Crippen molar-refractivity contribution in [2.45, 2.75) is 59.7 Å². The van der Waals surface area contributed by atoms with Gasteiger partial charge in [-0.3, -0.25) is 4.79 Å². The first-order valence-corrected chi connectivity index (χ1v) is 11.2. The van der Waals surface area contributed by atoms with Crippen molar-refractivity contribution in [1.82, 2.24) is 0 Å². The summed E-state index contributed by atoms with van der Waals surface area (Å²) in [7, 11) is 1.47. The Kier molecular flexibility index (Phi) is 8.00. The summed E-state index contributed by atoms with van der Waals surface area (Å²) in [5.74, 6) is 7.19. The topological polar surface area (TPSA) is 71.1 Å². The predicted octanol–water partition coefficient (Wildman–Crippen LogP) is 5.88. The second kappa shape index (κ2) is 10.9. The number of hydrogen-bond acceptors (Lipinski definition) is 6. The molecule has 1 heterocycles. The summed E-state index contributed by atoms with van der Waals surface area (Å²) >= 11 is 0. The number of esters is 1. The number of carbonyl (C=O) groups is 2. The summed E-state index contributed by atoms with van der Waals surface area (Å²) in [5, 5.41) is 0. The quantitative estimate of drug-likeness (QED) is 0.298. The first-order chi connectivity index (χ1) is 15.9. The van der Waals surface area contributed by atoms with Gasteiger partial charge in [0.15, 0.2) is 0 Å². The van der Waals surface area contributed by atoms with Gasteiger partial charge in [0, 0.05) is 17.5 Å². The van der Waals surface area contributed by atoms with Crippen molar-refractivity contribution < 1.29 is 28.5 Å². The highest BCUT2D eigenvalue weighted by Crippen LogP contribution is 2.43. The fourth-order valence-electron chi connectivity index (χ4n) is 3.86. The molecule has 0 radical (unpaired) electrons. The molecule has 174 valence electrons. The molecule has 0 spiro atoms. The lowest BCUT2D eigenvalue weighted by molar-refractivity contribution is -0.134. The highest BCUT2D eigenvalue weighted by atomic mass is 16.5. The van der Waals surface area contributed by atoms with Crippen LogP contribution in [0.25, 0.3) is 0 Å². The molecule has 2 aromatic rings. The van der Waals surface area contributed by atoms with Gasteiger partial charge < -0.3 is 18.9 Å². The number of unbranched alkanes of at least 4 members (excludes halogenated alkanes) is 1. The van der Waals surface area contributed by atoms with Crippen LogP contribution < -0.4 is 9.47 Å². The van der Waals surface area contributed by atoms with Gasteiger partial charge in [-0.05, 0) is 55.5 Å². The highest BCUT2D eigenvalue weighted by molar-refractivity contribution is 5.96. The molecule has 2 aromatic carbocycles. The zero-order chi connectivity index (χ0) is 24.0. The smallest absolute Gasteiger partial charge is 0.346 e. The minimum atomic E-state index is -0.566. The molecule has 0 aromatic heterocycles. The van der Waals surface area contributed by atoms with Crippen LogP contribution in [0.3, 0.4) is 0 Å². The van der Waals surface area contributed by atoms with E-state index in [4.69, 9.17) is 18.9 Å². The minimum Gasteiger partial charge on any atom is -0.495 e. The van der Waals surface area contributed by atoms with E-state index >= 15 is 0 Å². The Morgan fingerprint density at radius 3 is 2.70 bits per heavy atom. The normalized spacial score (nSPS) is 13.2. The Morgan fingerprint density at radius 1 is 1.24 bits per heavy atom. The molecule has 6 nitrogen and oxygen atoms in total. The lowest BCUT2D eigenvalue weighted by atomic mass is 9.96. The maximum atomic E-state index is 13.1. The predicted molar refractivity (Wildman–Crippen MR) is 124 cm³/mol. The lowest BCUT2D eigenvalue weighted by Crippen LogP contribution is -2.16. The molecular formula is C27H30O6. The molecule has 0 saturated carbocycles. The fraction of sp³-hybridized carbons (Fsp3) is 0.407. The van der Waals surface area contributed by atoms with E-state index in [0.717, 1.165) is 29.5 Å². The maximum Gasteiger partial charge on any atom is 0.346 e. The number of hydrogen-bond donors (Lipinski definition) is 0. The molecule has 0 aliphatic carbocycles. The van der Waals surface area contributed by atoms with Crippen molar-refractivity contribution in [2.75, 3.05) is 7.11 Å². The average molecular weight is 451 g/mol. The number of aryl methyl sites for hydroxylation is 1. The summed E-state index contributed by atoms with van der Waals surface area (Å²) in [6, 6.07) is 7.35.